The Labute approximate surface area is 80.9 Å². The van der Waals surface area contributed by atoms with Gasteiger partial charge in [0.15, 0.2) is 0 Å². The van der Waals surface area contributed by atoms with Gasteiger partial charge in [-0.05, 0) is 42.9 Å². The molecule has 1 heteroatoms. The van der Waals surface area contributed by atoms with Crippen LogP contribution in [0.2, 0.25) is 0 Å². The Kier molecular flexibility index (Phi) is 2.21. The molecule has 0 heterocycles. The summed E-state index contributed by atoms with van der Waals surface area (Å²) >= 11 is 0. The van der Waals surface area contributed by atoms with Crippen LogP contribution in [-0.2, 0) is 4.79 Å². The molecule has 2 rings (SSSR count). The highest BCUT2D eigenvalue weighted by molar-refractivity contribution is 5.79. The summed E-state index contributed by atoms with van der Waals surface area (Å²) in [6.07, 6.45) is 6.87. The van der Waals surface area contributed by atoms with Crippen LogP contribution in [-0.4, -0.2) is 5.78 Å². The van der Waals surface area contributed by atoms with Gasteiger partial charge in [-0.3, -0.25) is 4.79 Å². The Balaban J connectivity index is 2.16. The summed E-state index contributed by atoms with van der Waals surface area (Å²) < 4.78 is 0. The lowest BCUT2D eigenvalue weighted by Crippen LogP contribution is -2.23. The van der Waals surface area contributed by atoms with Crippen LogP contribution in [0.4, 0.5) is 0 Å². The second-order valence-corrected chi connectivity index (χ2v) is 5.53. The van der Waals surface area contributed by atoms with Crippen LogP contribution in [0.25, 0.3) is 0 Å². The molecule has 0 spiro atoms. The second kappa shape index (κ2) is 3.11. The van der Waals surface area contributed by atoms with E-state index in [9.17, 15) is 4.79 Å². The first kappa shape index (κ1) is 9.23. The van der Waals surface area contributed by atoms with E-state index >= 15 is 0 Å². The summed E-state index contributed by atoms with van der Waals surface area (Å²) in [5.74, 6) is 2.08. The first-order chi connectivity index (χ1) is 6.09. The third-order valence-corrected chi connectivity index (χ3v) is 4.21. The molecule has 0 aromatic rings. The molecule has 2 aliphatic carbocycles. The SMILES string of the molecule is CC1(C)CC[C@@H]2CCCC(=O)C[C@@H]21. The van der Waals surface area contributed by atoms with Crippen LogP contribution in [0.5, 0.6) is 0 Å². The molecule has 2 fully saturated rings. The van der Waals surface area contributed by atoms with Gasteiger partial charge in [0.25, 0.3) is 0 Å². The van der Waals surface area contributed by atoms with Gasteiger partial charge in [0.05, 0.1) is 0 Å². The number of ketones is 1. The van der Waals surface area contributed by atoms with Crippen LogP contribution >= 0.6 is 0 Å². The van der Waals surface area contributed by atoms with Crippen LogP contribution in [0.1, 0.15) is 52.4 Å². The molecule has 0 amide bonds. The Morgan fingerprint density at radius 1 is 1.31 bits per heavy atom. The lowest BCUT2D eigenvalue weighted by atomic mass is 9.76. The van der Waals surface area contributed by atoms with E-state index in [0.717, 1.165) is 25.2 Å². The average Bonchev–Trinajstić information content (AvgIpc) is 2.26. The molecular weight excluding hydrogens is 160 g/mol. The van der Waals surface area contributed by atoms with E-state index in [1.54, 1.807) is 0 Å². The van der Waals surface area contributed by atoms with E-state index in [0.29, 0.717) is 17.1 Å². The van der Waals surface area contributed by atoms with Crippen LogP contribution < -0.4 is 0 Å². The van der Waals surface area contributed by atoms with Crippen molar-refractivity contribution in [3.63, 3.8) is 0 Å². The van der Waals surface area contributed by atoms with Gasteiger partial charge in [-0.25, -0.2) is 0 Å². The van der Waals surface area contributed by atoms with Gasteiger partial charge in [0, 0.05) is 12.8 Å². The van der Waals surface area contributed by atoms with Gasteiger partial charge in [0.1, 0.15) is 5.78 Å². The zero-order valence-corrected chi connectivity index (χ0v) is 8.81. The summed E-state index contributed by atoms with van der Waals surface area (Å²) in [5.41, 5.74) is 0.435. The molecule has 0 aliphatic heterocycles. The first-order valence-electron chi connectivity index (χ1n) is 5.61. The Morgan fingerprint density at radius 2 is 2.08 bits per heavy atom. The monoisotopic (exact) mass is 180 g/mol. The second-order valence-electron chi connectivity index (χ2n) is 5.53. The minimum atomic E-state index is 0.435. The Bertz CT molecular complexity index is 217. The number of fused-ring (bicyclic) bond motifs is 1. The lowest BCUT2D eigenvalue weighted by Gasteiger charge is -2.28. The highest BCUT2D eigenvalue weighted by Gasteiger charge is 2.43. The van der Waals surface area contributed by atoms with E-state index in [1.807, 2.05) is 0 Å². The smallest absolute Gasteiger partial charge is 0.133 e. The highest BCUT2D eigenvalue weighted by Crippen LogP contribution is 2.51. The van der Waals surface area contributed by atoms with E-state index in [1.165, 1.54) is 19.3 Å². The van der Waals surface area contributed by atoms with Gasteiger partial charge in [0.2, 0.25) is 0 Å². The van der Waals surface area contributed by atoms with Gasteiger partial charge in [-0.1, -0.05) is 13.8 Å². The van der Waals surface area contributed by atoms with Crippen molar-refractivity contribution >= 4 is 5.78 Å². The summed E-state index contributed by atoms with van der Waals surface area (Å²) in [4.78, 5) is 11.5. The van der Waals surface area contributed by atoms with Crippen LogP contribution in [0.15, 0.2) is 0 Å². The normalized spacial score (nSPS) is 38.5. The van der Waals surface area contributed by atoms with Crippen molar-refractivity contribution < 1.29 is 4.79 Å². The summed E-state index contributed by atoms with van der Waals surface area (Å²) in [6, 6.07) is 0. The summed E-state index contributed by atoms with van der Waals surface area (Å²) in [7, 11) is 0. The third kappa shape index (κ3) is 1.66. The minimum Gasteiger partial charge on any atom is -0.300 e. The molecule has 1 nitrogen and oxygen atoms in total. The van der Waals surface area contributed by atoms with E-state index < -0.39 is 0 Å². The Morgan fingerprint density at radius 3 is 2.85 bits per heavy atom. The fraction of sp³-hybridized carbons (Fsp3) is 0.917. The van der Waals surface area contributed by atoms with Crippen molar-refractivity contribution in [2.24, 2.45) is 17.3 Å². The lowest BCUT2D eigenvalue weighted by molar-refractivity contribution is -0.120. The van der Waals surface area contributed by atoms with Crippen molar-refractivity contribution in [2.45, 2.75) is 52.4 Å². The van der Waals surface area contributed by atoms with Gasteiger partial charge in [-0.2, -0.15) is 0 Å². The van der Waals surface area contributed by atoms with Gasteiger partial charge in [-0.15, -0.1) is 0 Å². The topological polar surface area (TPSA) is 17.1 Å². The largest absolute Gasteiger partial charge is 0.300 e. The standard InChI is InChI=1S/C12H20O/c1-12(2)7-6-9-4-3-5-10(13)8-11(9)12/h9,11H,3-8H2,1-2H3/t9-,11-/m0/s1. The fourth-order valence-corrected chi connectivity index (χ4v) is 3.28. The molecule has 0 aromatic heterocycles. The maximum Gasteiger partial charge on any atom is 0.133 e. The first-order valence-corrected chi connectivity index (χ1v) is 5.61. The predicted octanol–water partition coefficient (Wildman–Crippen LogP) is 3.18. The molecule has 0 bridgehead atoms. The number of hydrogen-bond donors (Lipinski definition) is 0. The van der Waals surface area contributed by atoms with E-state index in [-0.39, 0.29) is 0 Å². The quantitative estimate of drug-likeness (QED) is 0.559. The van der Waals surface area contributed by atoms with Crippen molar-refractivity contribution in [2.75, 3.05) is 0 Å². The molecule has 0 saturated heterocycles. The summed E-state index contributed by atoms with van der Waals surface area (Å²) in [6.45, 7) is 4.69. The third-order valence-electron chi connectivity index (χ3n) is 4.21. The molecule has 74 valence electrons. The number of carbonyl (C=O) groups is 1. The molecule has 0 aromatic carbocycles. The number of carbonyl (C=O) groups excluding carboxylic acids is 1. The molecule has 2 saturated carbocycles. The van der Waals surface area contributed by atoms with Crippen LogP contribution in [0, 0.1) is 17.3 Å². The molecule has 0 unspecified atom stereocenters. The van der Waals surface area contributed by atoms with E-state index in [4.69, 9.17) is 0 Å². The Hall–Kier alpha value is -0.330. The van der Waals surface area contributed by atoms with Crippen molar-refractivity contribution in [1.29, 1.82) is 0 Å². The zero-order chi connectivity index (χ0) is 9.47. The van der Waals surface area contributed by atoms with Crippen molar-refractivity contribution in [3.8, 4) is 0 Å². The predicted molar refractivity (Wildman–Crippen MR) is 53.5 cm³/mol. The average molecular weight is 180 g/mol. The molecule has 2 atom stereocenters. The number of hydrogen-bond acceptors (Lipinski definition) is 1. The molecule has 2 aliphatic rings. The van der Waals surface area contributed by atoms with Crippen LogP contribution in [0.3, 0.4) is 0 Å². The number of Topliss-reactive ketones (excluding diaryl/α,β-unsaturated/α-hetero) is 1. The van der Waals surface area contributed by atoms with Crippen molar-refractivity contribution in [3.05, 3.63) is 0 Å². The molecule has 0 radical (unpaired) electrons. The molecule has 13 heavy (non-hydrogen) atoms. The van der Waals surface area contributed by atoms with Gasteiger partial charge >= 0.3 is 0 Å². The fourth-order valence-electron chi connectivity index (χ4n) is 3.28. The minimum absolute atomic E-state index is 0.435. The maximum absolute atomic E-state index is 11.5. The maximum atomic E-state index is 11.5. The zero-order valence-electron chi connectivity index (χ0n) is 8.81. The van der Waals surface area contributed by atoms with Gasteiger partial charge < -0.3 is 0 Å². The highest BCUT2D eigenvalue weighted by atomic mass is 16.1. The number of rotatable bonds is 0. The van der Waals surface area contributed by atoms with E-state index in [2.05, 4.69) is 13.8 Å². The van der Waals surface area contributed by atoms with Crippen molar-refractivity contribution in [1.82, 2.24) is 0 Å². The molecular formula is C12H20O. The molecule has 0 N–H and O–H groups in total. The summed E-state index contributed by atoms with van der Waals surface area (Å²) in [5, 5.41) is 0.